The lowest BCUT2D eigenvalue weighted by atomic mass is 9.79. The van der Waals surface area contributed by atoms with E-state index >= 15 is 0 Å². The van der Waals surface area contributed by atoms with Crippen molar-refractivity contribution < 1.29 is 19.1 Å². The van der Waals surface area contributed by atoms with Gasteiger partial charge in [-0.15, -0.1) is 11.3 Å². The number of aromatic nitrogens is 1. The fourth-order valence-electron chi connectivity index (χ4n) is 3.61. The molecule has 28 heavy (non-hydrogen) atoms. The number of ether oxygens (including phenoxy) is 1. The fourth-order valence-corrected chi connectivity index (χ4v) is 4.78. The molecular formula is C20H23N3O4S. The third-order valence-corrected chi connectivity index (χ3v) is 6.38. The molecule has 0 aliphatic heterocycles. The molecule has 0 bridgehead atoms. The quantitative estimate of drug-likeness (QED) is 0.751. The summed E-state index contributed by atoms with van der Waals surface area (Å²) in [4.78, 5) is 40.8. The Morgan fingerprint density at radius 2 is 1.89 bits per heavy atom. The van der Waals surface area contributed by atoms with Gasteiger partial charge in [0.25, 0.3) is 5.91 Å². The molecule has 8 heteroatoms. The maximum absolute atomic E-state index is 12.6. The Kier molecular flexibility index (Phi) is 5.57. The van der Waals surface area contributed by atoms with Crippen molar-refractivity contribution in [2.24, 2.45) is 5.92 Å². The second-order valence-electron chi connectivity index (χ2n) is 7.42. The molecule has 0 saturated heterocycles. The number of nitrogens with zero attached hydrogens (tertiary/aromatic N) is 1. The van der Waals surface area contributed by atoms with Gasteiger partial charge in [-0.25, -0.2) is 9.78 Å². The van der Waals surface area contributed by atoms with Gasteiger partial charge in [-0.05, 0) is 37.8 Å². The molecular weight excluding hydrogens is 378 g/mol. The van der Waals surface area contributed by atoms with Crippen molar-refractivity contribution in [2.45, 2.75) is 50.5 Å². The number of fused-ring (bicyclic) bond motifs is 1. The Hall–Kier alpha value is -2.48. The van der Waals surface area contributed by atoms with E-state index in [1.807, 2.05) is 24.3 Å². The molecule has 1 aromatic carbocycles. The summed E-state index contributed by atoms with van der Waals surface area (Å²) in [5.74, 6) is -1.29. The molecule has 0 unspecified atom stereocenters. The van der Waals surface area contributed by atoms with E-state index < -0.39 is 18.5 Å². The molecule has 0 radical (unpaired) electrons. The molecule has 2 fully saturated rings. The van der Waals surface area contributed by atoms with E-state index in [0.717, 1.165) is 53.7 Å². The van der Waals surface area contributed by atoms with Crippen molar-refractivity contribution in [3.05, 3.63) is 29.3 Å². The third-order valence-electron chi connectivity index (χ3n) is 5.21. The van der Waals surface area contributed by atoms with Crippen LogP contribution in [0.4, 0.5) is 4.79 Å². The number of thiazole rings is 1. The largest absolute Gasteiger partial charge is 0.455 e. The number of hydrogen-bond acceptors (Lipinski definition) is 6. The first-order valence-electron chi connectivity index (χ1n) is 9.72. The topological polar surface area (TPSA) is 97.4 Å². The zero-order valence-corrected chi connectivity index (χ0v) is 16.3. The molecule has 0 spiro atoms. The van der Waals surface area contributed by atoms with E-state index in [2.05, 4.69) is 10.6 Å². The number of benzene rings is 1. The highest BCUT2D eigenvalue weighted by atomic mass is 32.1. The molecule has 1 aromatic heterocycles. The number of imide groups is 1. The van der Waals surface area contributed by atoms with Crippen LogP contribution in [0, 0.1) is 5.92 Å². The number of para-hydroxylation sites is 1. The standard InChI is InChI=1S/C20H23N3O4S/c24-17(23-20(26)21-12-9-10-12)11-27-19(25)14-6-2-1-5-13(14)18-22-15-7-3-4-8-16(15)28-18/h3-4,7-8,12-14H,1-2,5-6,9-11H2,(H2,21,23,24,26)/t13-,14+/m0/s1. The molecule has 2 N–H and O–H groups in total. The lowest BCUT2D eigenvalue weighted by Gasteiger charge is -2.28. The van der Waals surface area contributed by atoms with E-state index in [0.29, 0.717) is 0 Å². The van der Waals surface area contributed by atoms with E-state index in [9.17, 15) is 14.4 Å². The van der Waals surface area contributed by atoms with Crippen LogP contribution in [-0.2, 0) is 14.3 Å². The van der Waals surface area contributed by atoms with Crippen molar-refractivity contribution in [1.82, 2.24) is 15.6 Å². The number of rotatable bonds is 5. The van der Waals surface area contributed by atoms with Gasteiger partial charge in [-0.1, -0.05) is 25.0 Å². The summed E-state index contributed by atoms with van der Waals surface area (Å²) in [6, 6.07) is 7.57. The molecule has 3 amide bonds. The van der Waals surface area contributed by atoms with Gasteiger partial charge in [0.1, 0.15) is 0 Å². The van der Waals surface area contributed by atoms with Crippen molar-refractivity contribution in [3.8, 4) is 0 Å². The number of carbonyl (C=O) groups is 3. The third kappa shape index (κ3) is 4.49. The zero-order chi connectivity index (χ0) is 19.5. The summed E-state index contributed by atoms with van der Waals surface area (Å²) in [6.45, 7) is -0.444. The second kappa shape index (κ2) is 8.26. The maximum Gasteiger partial charge on any atom is 0.321 e. The average molecular weight is 401 g/mol. The van der Waals surface area contributed by atoms with Crippen LogP contribution < -0.4 is 10.6 Å². The van der Waals surface area contributed by atoms with Crippen molar-refractivity contribution in [1.29, 1.82) is 0 Å². The minimum absolute atomic E-state index is 0.0138. The van der Waals surface area contributed by atoms with Gasteiger partial charge in [0, 0.05) is 12.0 Å². The van der Waals surface area contributed by atoms with E-state index in [-0.39, 0.29) is 23.8 Å². The monoisotopic (exact) mass is 401 g/mol. The molecule has 148 valence electrons. The number of nitrogens with one attached hydrogen (secondary N) is 2. The molecule has 2 aliphatic carbocycles. The Balaban J connectivity index is 1.36. The highest BCUT2D eigenvalue weighted by molar-refractivity contribution is 7.18. The lowest BCUT2D eigenvalue weighted by molar-refractivity contribution is -0.154. The van der Waals surface area contributed by atoms with Crippen LogP contribution in [0.25, 0.3) is 10.2 Å². The fraction of sp³-hybridized carbons (Fsp3) is 0.500. The summed E-state index contributed by atoms with van der Waals surface area (Å²) in [6.07, 6.45) is 5.49. The maximum atomic E-state index is 12.6. The summed E-state index contributed by atoms with van der Waals surface area (Å²) >= 11 is 1.62. The molecule has 2 atom stereocenters. The van der Waals surface area contributed by atoms with Gasteiger partial charge in [0.2, 0.25) is 0 Å². The Morgan fingerprint density at radius 1 is 1.11 bits per heavy atom. The van der Waals surface area contributed by atoms with Crippen molar-refractivity contribution >= 4 is 39.5 Å². The minimum Gasteiger partial charge on any atom is -0.455 e. The summed E-state index contributed by atoms with van der Waals surface area (Å²) in [5, 5.41) is 5.81. The Bertz CT molecular complexity index is 859. The van der Waals surface area contributed by atoms with E-state index in [4.69, 9.17) is 9.72 Å². The van der Waals surface area contributed by atoms with E-state index in [1.165, 1.54) is 0 Å². The number of amides is 3. The van der Waals surface area contributed by atoms with Gasteiger partial charge < -0.3 is 10.1 Å². The smallest absolute Gasteiger partial charge is 0.321 e. The number of carbonyl (C=O) groups excluding carboxylic acids is 3. The number of esters is 1. The van der Waals surface area contributed by atoms with Crippen LogP contribution in [0.1, 0.15) is 49.5 Å². The van der Waals surface area contributed by atoms with Gasteiger partial charge in [0.15, 0.2) is 6.61 Å². The van der Waals surface area contributed by atoms with Crippen LogP contribution in [0.2, 0.25) is 0 Å². The molecule has 1 heterocycles. The lowest BCUT2D eigenvalue weighted by Crippen LogP contribution is -2.42. The molecule has 4 rings (SSSR count). The van der Waals surface area contributed by atoms with Gasteiger partial charge in [-0.3, -0.25) is 14.9 Å². The van der Waals surface area contributed by atoms with Gasteiger partial charge in [0.05, 0.1) is 21.1 Å². The van der Waals surface area contributed by atoms with Crippen LogP contribution in [0.3, 0.4) is 0 Å². The van der Waals surface area contributed by atoms with Crippen molar-refractivity contribution in [2.75, 3.05) is 6.61 Å². The Morgan fingerprint density at radius 3 is 2.68 bits per heavy atom. The number of urea groups is 1. The summed E-state index contributed by atoms with van der Waals surface area (Å²) in [5.41, 5.74) is 0.946. The average Bonchev–Trinajstić information content (AvgIpc) is 3.40. The van der Waals surface area contributed by atoms with Crippen LogP contribution in [0.5, 0.6) is 0 Å². The highest BCUT2D eigenvalue weighted by Crippen LogP contribution is 2.41. The predicted molar refractivity (Wildman–Crippen MR) is 105 cm³/mol. The highest BCUT2D eigenvalue weighted by Gasteiger charge is 2.35. The first-order valence-corrected chi connectivity index (χ1v) is 10.5. The van der Waals surface area contributed by atoms with E-state index in [1.54, 1.807) is 11.3 Å². The first-order chi connectivity index (χ1) is 13.6. The van der Waals surface area contributed by atoms with Crippen LogP contribution in [-0.4, -0.2) is 35.5 Å². The summed E-state index contributed by atoms with van der Waals surface area (Å²) in [7, 11) is 0. The van der Waals surface area contributed by atoms with Crippen molar-refractivity contribution in [3.63, 3.8) is 0 Å². The van der Waals surface area contributed by atoms with Gasteiger partial charge in [-0.2, -0.15) is 0 Å². The summed E-state index contributed by atoms with van der Waals surface area (Å²) < 4.78 is 6.34. The minimum atomic E-state index is -0.612. The zero-order valence-electron chi connectivity index (χ0n) is 15.5. The van der Waals surface area contributed by atoms with Crippen LogP contribution in [0.15, 0.2) is 24.3 Å². The molecule has 7 nitrogen and oxygen atoms in total. The normalized spacial score (nSPS) is 21.9. The van der Waals surface area contributed by atoms with Crippen LogP contribution >= 0.6 is 11.3 Å². The predicted octanol–water partition coefficient (Wildman–Crippen LogP) is 3.10. The number of hydrogen-bond donors (Lipinski definition) is 2. The molecule has 2 saturated carbocycles. The molecule has 2 aliphatic rings. The second-order valence-corrected chi connectivity index (χ2v) is 8.48. The molecule has 2 aromatic rings. The Labute approximate surface area is 166 Å². The SMILES string of the molecule is O=C(COC(=O)[C@@H]1CCCC[C@@H]1c1nc2ccccc2s1)NC(=O)NC1CC1. The van der Waals surface area contributed by atoms with Gasteiger partial charge >= 0.3 is 12.0 Å². The first kappa shape index (κ1) is 18.9.